The molecule has 18 heavy (non-hydrogen) atoms. The van der Waals surface area contributed by atoms with E-state index in [1.807, 2.05) is 7.05 Å². The fourth-order valence-electron chi connectivity index (χ4n) is 1.52. The predicted octanol–water partition coefficient (Wildman–Crippen LogP) is 0.0241. The standard InChI is InChI=1S/C12H24N2O4/c1-13-7-4-8-14(9-5-11(15)17-2)10-6-12(16)18-3/h13H,4-10H2,1-3H3. The third-order valence-electron chi connectivity index (χ3n) is 2.62. The number of carbonyl (C=O) groups is 2. The van der Waals surface area contributed by atoms with E-state index in [2.05, 4.69) is 19.7 Å². The maximum atomic E-state index is 11.1. The van der Waals surface area contributed by atoms with E-state index in [0.717, 1.165) is 19.5 Å². The van der Waals surface area contributed by atoms with Crippen molar-refractivity contribution >= 4 is 11.9 Å². The normalized spacial score (nSPS) is 10.4. The third-order valence-corrected chi connectivity index (χ3v) is 2.62. The average Bonchev–Trinajstić information content (AvgIpc) is 2.40. The zero-order chi connectivity index (χ0) is 13.8. The van der Waals surface area contributed by atoms with E-state index < -0.39 is 0 Å². The molecule has 0 radical (unpaired) electrons. The molecular formula is C12H24N2O4. The monoisotopic (exact) mass is 260 g/mol. The lowest BCUT2D eigenvalue weighted by Gasteiger charge is -2.21. The first-order valence-corrected chi connectivity index (χ1v) is 6.14. The van der Waals surface area contributed by atoms with Gasteiger partial charge in [-0.3, -0.25) is 9.59 Å². The minimum atomic E-state index is -0.230. The van der Waals surface area contributed by atoms with Gasteiger partial charge in [0.1, 0.15) is 0 Å². The number of hydrogen-bond acceptors (Lipinski definition) is 6. The van der Waals surface area contributed by atoms with Gasteiger partial charge in [-0.2, -0.15) is 0 Å². The maximum Gasteiger partial charge on any atom is 0.306 e. The largest absolute Gasteiger partial charge is 0.469 e. The van der Waals surface area contributed by atoms with Crippen LogP contribution in [-0.4, -0.2) is 64.3 Å². The molecule has 0 aliphatic heterocycles. The van der Waals surface area contributed by atoms with Crippen molar-refractivity contribution in [2.45, 2.75) is 19.3 Å². The summed E-state index contributed by atoms with van der Waals surface area (Å²) >= 11 is 0. The molecule has 0 aromatic carbocycles. The maximum absolute atomic E-state index is 11.1. The molecule has 1 N–H and O–H groups in total. The number of hydrogen-bond donors (Lipinski definition) is 1. The SMILES string of the molecule is CNCCCN(CCC(=O)OC)CCC(=O)OC. The minimum absolute atomic E-state index is 0.230. The van der Waals surface area contributed by atoms with Crippen LogP contribution in [-0.2, 0) is 19.1 Å². The van der Waals surface area contributed by atoms with Gasteiger partial charge >= 0.3 is 11.9 Å². The highest BCUT2D eigenvalue weighted by Crippen LogP contribution is 1.98. The summed E-state index contributed by atoms with van der Waals surface area (Å²) in [6.07, 6.45) is 1.66. The molecule has 106 valence electrons. The lowest BCUT2D eigenvalue weighted by Crippen LogP contribution is -2.31. The van der Waals surface area contributed by atoms with E-state index >= 15 is 0 Å². The number of carbonyl (C=O) groups excluding carboxylic acids is 2. The lowest BCUT2D eigenvalue weighted by molar-refractivity contribution is -0.141. The summed E-state index contributed by atoms with van der Waals surface area (Å²) in [7, 11) is 4.65. The molecule has 0 fully saturated rings. The van der Waals surface area contributed by atoms with Crippen LogP contribution in [0.4, 0.5) is 0 Å². The minimum Gasteiger partial charge on any atom is -0.469 e. The summed E-state index contributed by atoms with van der Waals surface area (Å²) in [5.41, 5.74) is 0. The molecule has 0 bridgehead atoms. The first kappa shape index (κ1) is 16.9. The molecule has 0 aromatic heterocycles. The van der Waals surface area contributed by atoms with Crippen molar-refractivity contribution in [3.05, 3.63) is 0 Å². The van der Waals surface area contributed by atoms with E-state index in [9.17, 15) is 9.59 Å². The second-order valence-corrected chi connectivity index (χ2v) is 3.95. The molecule has 0 saturated carbocycles. The molecule has 0 heterocycles. The Balaban J connectivity index is 3.98. The van der Waals surface area contributed by atoms with E-state index in [0.29, 0.717) is 25.9 Å². The molecule has 0 atom stereocenters. The number of esters is 2. The highest BCUT2D eigenvalue weighted by molar-refractivity contribution is 5.70. The Morgan fingerprint density at radius 2 is 1.50 bits per heavy atom. The first-order valence-electron chi connectivity index (χ1n) is 6.14. The van der Waals surface area contributed by atoms with Gasteiger partial charge in [0.25, 0.3) is 0 Å². The van der Waals surface area contributed by atoms with E-state index in [4.69, 9.17) is 0 Å². The summed E-state index contributed by atoms with van der Waals surface area (Å²) < 4.78 is 9.21. The first-order chi connectivity index (χ1) is 8.63. The molecule has 6 nitrogen and oxygen atoms in total. The molecule has 0 aliphatic rings. The van der Waals surface area contributed by atoms with Crippen LogP contribution >= 0.6 is 0 Å². The number of methoxy groups -OCH3 is 2. The van der Waals surface area contributed by atoms with Crippen LogP contribution in [0.1, 0.15) is 19.3 Å². The Bertz CT molecular complexity index is 226. The van der Waals surface area contributed by atoms with Crippen LogP contribution < -0.4 is 5.32 Å². The topological polar surface area (TPSA) is 67.9 Å². The summed E-state index contributed by atoms with van der Waals surface area (Å²) in [5, 5.41) is 3.07. The molecule has 0 unspecified atom stereocenters. The predicted molar refractivity (Wildman–Crippen MR) is 68.2 cm³/mol. The van der Waals surface area contributed by atoms with Gasteiger partial charge in [0.05, 0.1) is 27.1 Å². The number of rotatable bonds is 10. The van der Waals surface area contributed by atoms with Crippen LogP contribution in [0.15, 0.2) is 0 Å². The van der Waals surface area contributed by atoms with E-state index in [-0.39, 0.29) is 11.9 Å². The molecule has 6 heteroatoms. The Morgan fingerprint density at radius 1 is 1.00 bits per heavy atom. The molecule has 0 aromatic rings. The Kier molecular flexibility index (Phi) is 10.3. The third kappa shape index (κ3) is 8.95. The smallest absolute Gasteiger partial charge is 0.306 e. The number of ether oxygens (including phenoxy) is 2. The van der Waals surface area contributed by atoms with Crippen molar-refractivity contribution in [1.82, 2.24) is 10.2 Å². The Labute approximate surface area is 109 Å². The molecule has 0 amide bonds. The second-order valence-electron chi connectivity index (χ2n) is 3.95. The molecule has 0 spiro atoms. The molecule has 0 aliphatic carbocycles. The molecular weight excluding hydrogens is 236 g/mol. The van der Waals surface area contributed by atoms with Gasteiger partial charge in [0.15, 0.2) is 0 Å². The van der Waals surface area contributed by atoms with Gasteiger partial charge in [-0.25, -0.2) is 0 Å². The van der Waals surface area contributed by atoms with Crippen LogP contribution in [0.5, 0.6) is 0 Å². The van der Waals surface area contributed by atoms with Crippen molar-refractivity contribution in [1.29, 1.82) is 0 Å². The number of nitrogens with zero attached hydrogens (tertiary/aromatic N) is 1. The van der Waals surface area contributed by atoms with Crippen molar-refractivity contribution in [3.8, 4) is 0 Å². The van der Waals surface area contributed by atoms with Gasteiger partial charge in [-0.05, 0) is 26.6 Å². The van der Waals surface area contributed by atoms with Crippen LogP contribution in [0.25, 0.3) is 0 Å². The zero-order valence-electron chi connectivity index (χ0n) is 11.5. The van der Waals surface area contributed by atoms with Gasteiger partial charge < -0.3 is 19.7 Å². The summed E-state index contributed by atoms with van der Waals surface area (Å²) in [6, 6.07) is 0. The van der Waals surface area contributed by atoms with Gasteiger partial charge in [0, 0.05) is 13.1 Å². The van der Waals surface area contributed by atoms with Gasteiger partial charge in [-0.1, -0.05) is 0 Å². The van der Waals surface area contributed by atoms with E-state index in [1.165, 1.54) is 14.2 Å². The van der Waals surface area contributed by atoms with E-state index in [1.54, 1.807) is 0 Å². The van der Waals surface area contributed by atoms with Crippen LogP contribution in [0, 0.1) is 0 Å². The molecule has 0 rings (SSSR count). The summed E-state index contributed by atoms with van der Waals surface area (Å²) in [6.45, 7) is 2.96. The van der Waals surface area contributed by atoms with Gasteiger partial charge in [-0.15, -0.1) is 0 Å². The average molecular weight is 260 g/mol. The quantitative estimate of drug-likeness (QED) is 0.441. The van der Waals surface area contributed by atoms with Crippen molar-refractivity contribution < 1.29 is 19.1 Å². The highest BCUT2D eigenvalue weighted by Gasteiger charge is 2.10. The lowest BCUT2D eigenvalue weighted by atomic mass is 10.3. The van der Waals surface area contributed by atoms with Crippen LogP contribution in [0.2, 0.25) is 0 Å². The van der Waals surface area contributed by atoms with Crippen molar-refractivity contribution in [2.24, 2.45) is 0 Å². The summed E-state index contributed by atoms with van der Waals surface area (Å²) in [4.78, 5) is 24.2. The summed E-state index contributed by atoms with van der Waals surface area (Å²) in [5.74, 6) is -0.460. The number of nitrogens with one attached hydrogen (secondary N) is 1. The zero-order valence-corrected chi connectivity index (χ0v) is 11.5. The fraction of sp³-hybridized carbons (Fsp3) is 0.833. The molecule has 0 saturated heterocycles. The van der Waals surface area contributed by atoms with Gasteiger partial charge in [0.2, 0.25) is 0 Å². The Morgan fingerprint density at radius 3 is 1.89 bits per heavy atom. The second kappa shape index (κ2) is 11.0. The highest BCUT2D eigenvalue weighted by atomic mass is 16.5. The van der Waals surface area contributed by atoms with Crippen molar-refractivity contribution in [2.75, 3.05) is 47.4 Å². The van der Waals surface area contributed by atoms with Crippen molar-refractivity contribution in [3.63, 3.8) is 0 Å². The van der Waals surface area contributed by atoms with Crippen LogP contribution in [0.3, 0.4) is 0 Å². The Hall–Kier alpha value is -1.14. The fourth-order valence-corrected chi connectivity index (χ4v) is 1.52.